The Bertz CT molecular complexity index is 716. The van der Waals surface area contributed by atoms with E-state index in [1.165, 1.54) is 36.4 Å². The Kier molecular flexibility index (Phi) is 4.01. The van der Waals surface area contributed by atoms with Gasteiger partial charge in [0.2, 0.25) is 0 Å². The van der Waals surface area contributed by atoms with Crippen molar-refractivity contribution in [1.29, 1.82) is 0 Å². The second kappa shape index (κ2) is 5.72. The van der Waals surface area contributed by atoms with Crippen molar-refractivity contribution in [3.63, 3.8) is 0 Å². The molecular weight excluding hydrogens is 304 g/mol. The lowest BCUT2D eigenvalue weighted by Gasteiger charge is -1.87. The molecule has 0 N–H and O–H groups in total. The molecule has 9 heteroatoms. The summed E-state index contributed by atoms with van der Waals surface area (Å²) in [6, 6.07) is 5.53. The van der Waals surface area contributed by atoms with Crippen LogP contribution in [0.3, 0.4) is 0 Å². The second-order valence-electron chi connectivity index (χ2n) is 3.53. The Labute approximate surface area is 120 Å². The minimum atomic E-state index is -0.562. The fourth-order valence-corrected chi connectivity index (χ4v) is 2.79. The number of ketones is 1. The third-order valence-electron chi connectivity index (χ3n) is 2.21. The van der Waals surface area contributed by atoms with Gasteiger partial charge >= 0.3 is 10.0 Å². The Morgan fingerprint density at radius 3 is 2.15 bits per heavy atom. The van der Waals surface area contributed by atoms with Crippen LogP contribution in [-0.2, 0) is 0 Å². The monoisotopic (exact) mass is 310 g/mol. The quantitative estimate of drug-likeness (QED) is 0.364. The molecule has 0 aromatic carbocycles. The number of carbonyl (C=O) groups is 1. The van der Waals surface area contributed by atoms with Crippen LogP contribution in [0.4, 0.5) is 10.0 Å². The van der Waals surface area contributed by atoms with Crippen LogP contribution >= 0.6 is 22.7 Å². The van der Waals surface area contributed by atoms with E-state index in [9.17, 15) is 25.0 Å². The van der Waals surface area contributed by atoms with E-state index < -0.39 is 9.85 Å². The SMILES string of the molecule is O=C(/C=C/c1ccc([N+](=O)[O-])s1)c1ccc([N+](=O)[O-])s1. The van der Waals surface area contributed by atoms with Gasteiger partial charge in [-0.3, -0.25) is 25.0 Å². The Balaban J connectivity index is 2.11. The molecule has 20 heavy (non-hydrogen) atoms. The number of nitrogens with zero attached hydrogens (tertiary/aromatic N) is 2. The largest absolute Gasteiger partial charge is 0.324 e. The minimum Gasteiger partial charge on any atom is -0.288 e. The maximum atomic E-state index is 11.8. The highest BCUT2D eigenvalue weighted by molar-refractivity contribution is 7.17. The summed E-state index contributed by atoms with van der Waals surface area (Å²) >= 11 is 1.73. The van der Waals surface area contributed by atoms with Crippen molar-refractivity contribution in [2.75, 3.05) is 0 Å². The highest BCUT2D eigenvalue weighted by atomic mass is 32.1. The molecule has 0 unspecified atom stereocenters. The molecule has 0 amide bonds. The molecule has 0 saturated carbocycles. The number of rotatable bonds is 5. The van der Waals surface area contributed by atoms with Crippen molar-refractivity contribution >= 4 is 44.5 Å². The summed E-state index contributed by atoms with van der Waals surface area (Å²) in [6.07, 6.45) is 2.69. The third-order valence-corrected chi connectivity index (χ3v) is 4.26. The predicted octanol–water partition coefficient (Wildman–Crippen LogP) is 3.52. The van der Waals surface area contributed by atoms with E-state index >= 15 is 0 Å². The topological polar surface area (TPSA) is 103 Å². The first kappa shape index (κ1) is 14.0. The Morgan fingerprint density at radius 2 is 1.60 bits per heavy atom. The van der Waals surface area contributed by atoms with Crippen molar-refractivity contribution < 1.29 is 14.6 Å². The Morgan fingerprint density at radius 1 is 1.00 bits per heavy atom. The molecule has 0 aliphatic carbocycles. The first-order valence-corrected chi connectivity index (χ1v) is 6.81. The van der Waals surface area contributed by atoms with Crippen LogP contribution in [-0.4, -0.2) is 15.6 Å². The molecule has 0 aliphatic heterocycles. The van der Waals surface area contributed by atoms with Crippen LogP contribution in [0.5, 0.6) is 0 Å². The average molecular weight is 310 g/mol. The summed E-state index contributed by atoms with van der Waals surface area (Å²) in [7, 11) is 0. The molecule has 0 atom stereocenters. The average Bonchev–Trinajstić information content (AvgIpc) is 3.05. The lowest BCUT2D eigenvalue weighted by molar-refractivity contribution is -0.380. The lowest BCUT2D eigenvalue weighted by Crippen LogP contribution is -1.88. The van der Waals surface area contributed by atoms with Gasteiger partial charge in [-0.15, -0.1) is 0 Å². The zero-order valence-corrected chi connectivity index (χ0v) is 11.3. The minimum absolute atomic E-state index is 0.0103. The van der Waals surface area contributed by atoms with E-state index in [0.29, 0.717) is 4.88 Å². The molecule has 2 rings (SSSR count). The van der Waals surface area contributed by atoms with Crippen molar-refractivity contribution in [1.82, 2.24) is 0 Å². The van der Waals surface area contributed by atoms with Gasteiger partial charge in [0, 0.05) is 17.0 Å². The predicted molar refractivity (Wildman–Crippen MR) is 75.3 cm³/mol. The number of hydrogen-bond donors (Lipinski definition) is 0. The van der Waals surface area contributed by atoms with E-state index in [4.69, 9.17) is 0 Å². The highest BCUT2D eigenvalue weighted by Gasteiger charge is 2.13. The Hall–Kier alpha value is -2.39. The van der Waals surface area contributed by atoms with Crippen molar-refractivity contribution in [3.8, 4) is 0 Å². The molecule has 0 fully saturated rings. The molecule has 0 aliphatic rings. The lowest BCUT2D eigenvalue weighted by atomic mass is 10.3. The summed E-state index contributed by atoms with van der Waals surface area (Å²) in [5.41, 5.74) is 0. The van der Waals surface area contributed by atoms with Gasteiger partial charge in [0.05, 0.1) is 14.7 Å². The zero-order chi connectivity index (χ0) is 14.7. The maximum Gasteiger partial charge on any atom is 0.324 e. The fraction of sp³-hybridized carbons (Fsp3) is 0. The van der Waals surface area contributed by atoms with E-state index in [0.717, 1.165) is 22.7 Å². The summed E-state index contributed by atoms with van der Waals surface area (Å²) in [4.78, 5) is 32.5. The first-order chi connectivity index (χ1) is 9.47. The molecule has 7 nitrogen and oxygen atoms in total. The second-order valence-corrected chi connectivity index (χ2v) is 5.68. The van der Waals surface area contributed by atoms with Crippen LogP contribution < -0.4 is 0 Å². The van der Waals surface area contributed by atoms with Crippen LogP contribution in [0.25, 0.3) is 6.08 Å². The van der Waals surface area contributed by atoms with Gasteiger partial charge in [-0.25, -0.2) is 0 Å². The molecule has 0 saturated heterocycles. The normalized spacial score (nSPS) is 10.8. The fourth-order valence-electron chi connectivity index (χ4n) is 1.33. The zero-order valence-electron chi connectivity index (χ0n) is 9.72. The number of nitro groups is 2. The van der Waals surface area contributed by atoms with Crippen LogP contribution in [0.15, 0.2) is 30.3 Å². The number of hydrogen-bond acceptors (Lipinski definition) is 7. The molecule has 102 valence electrons. The smallest absolute Gasteiger partial charge is 0.288 e. The van der Waals surface area contributed by atoms with Gasteiger partial charge in [0.1, 0.15) is 0 Å². The van der Waals surface area contributed by atoms with E-state index in [-0.39, 0.29) is 20.7 Å². The highest BCUT2D eigenvalue weighted by Crippen LogP contribution is 2.27. The van der Waals surface area contributed by atoms with E-state index in [1.54, 1.807) is 0 Å². The molecule has 2 heterocycles. The summed E-state index contributed by atoms with van der Waals surface area (Å²) in [6.45, 7) is 0. The number of thiophene rings is 2. The molecule has 0 radical (unpaired) electrons. The maximum absolute atomic E-state index is 11.8. The van der Waals surface area contributed by atoms with Gasteiger partial charge in [-0.2, -0.15) is 0 Å². The van der Waals surface area contributed by atoms with E-state index in [2.05, 4.69) is 0 Å². The van der Waals surface area contributed by atoms with Gasteiger partial charge < -0.3 is 0 Å². The number of allylic oxidation sites excluding steroid dienone is 1. The summed E-state index contributed by atoms with van der Waals surface area (Å²) < 4.78 is 0. The first-order valence-electron chi connectivity index (χ1n) is 5.18. The molecular formula is C11H6N2O5S2. The summed E-state index contributed by atoms with van der Waals surface area (Å²) in [5, 5.41) is 20.9. The van der Waals surface area contributed by atoms with Crippen LogP contribution in [0.2, 0.25) is 0 Å². The van der Waals surface area contributed by atoms with E-state index in [1.807, 2.05) is 0 Å². The number of carbonyl (C=O) groups excluding carboxylic acids is 1. The van der Waals surface area contributed by atoms with Crippen LogP contribution in [0.1, 0.15) is 14.5 Å². The molecule has 0 spiro atoms. The summed E-state index contributed by atoms with van der Waals surface area (Å²) in [5.74, 6) is -0.376. The van der Waals surface area contributed by atoms with Gasteiger partial charge in [-0.05, 0) is 24.3 Å². The van der Waals surface area contributed by atoms with Gasteiger partial charge in [-0.1, -0.05) is 22.7 Å². The molecule has 2 aromatic heterocycles. The van der Waals surface area contributed by atoms with Gasteiger partial charge in [0.15, 0.2) is 5.78 Å². The van der Waals surface area contributed by atoms with Crippen molar-refractivity contribution in [2.45, 2.75) is 0 Å². The third kappa shape index (κ3) is 3.13. The standard InChI is InChI=1S/C11H6N2O5S2/c14-8(9-4-6-11(20-9)13(17)18)3-1-7-2-5-10(19-7)12(15)16/h1-6H/b3-1+. The molecule has 0 bridgehead atoms. The van der Waals surface area contributed by atoms with Crippen molar-refractivity contribution in [2.24, 2.45) is 0 Å². The van der Waals surface area contributed by atoms with Gasteiger partial charge in [0.25, 0.3) is 0 Å². The van der Waals surface area contributed by atoms with Crippen LogP contribution in [0, 0.1) is 20.2 Å². The molecule has 2 aromatic rings. The van der Waals surface area contributed by atoms with Crippen molar-refractivity contribution in [3.05, 3.63) is 60.3 Å².